The summed E-state index contributed by atoms with van der Waals surface area (Å²) in [5.41, 5.74) is 1.85. The second-order valence-corrected chi connectivity index (χ2v) is 7.46. The topological polar surface area (TPSA) is 108 Å². The Kier molecular flexibility index (Phi) is 6.17. The van der Waals surface area contributed by atoms with Crippen molar-refractivity contribution in [3.05, 3.63) is 105 Å². The molecule has 0 spiro atoms. The van der Waals surface area contributed by atoms with E-state index in [1.807, 2.05) is 12.1 Å². The molecule has 3 aromatic rings. The largest absolute Gasteiger partial charge is 0.488 e. The highest BCUT2D eigenvalue weighted by Gasteiger charge is 2.29. The molecule has 1 N–H and O–H groups in total. The molecule has 3 aromatic carbocycles. The van der Waals surface area contributed by atoms with Gasteiger partial charge in [0.25, 0.3) is 11.6 Å². The molecule has 1 unspecified atom stereocenters. The van der Waals surface area contributed by atoms with Crippen LogP contribution in [0.25, 0.3) is 6.08 Å². The van der Waals surface area contributed by atoms with Crippen LogP contribution in [0.2, 0.25) is 0 Å². The first kappa shape index (κ1) is 21.8. The Morgan fingerprint density at radius 1 is 1.06 bits per heavy atom. The molecule has 1 heterocycles. The van der Waals surface area contributed by atoms with Crippen LogP contribution in [0, 0.1) is 17.0 Å². The van der Waals surface area contributed by atoms with E-state index in [9.17, 15) is 19.7 Å². The molecule has 0 aromatic heterocycles. The van der Waals surface area contributed by atoms with Gasteiger partial charge in [0, 0.05) is 17.2 Å². The summed E-state index contributed by atoms with van der Waals surface area (Å²) in [5.74, 6) is -0.774. The van der Waals surface area contributed by atoms with Crippen LogP contribution in [0.1, 0.15) is 22.8 Å². The molecule has 1 amide bonds. The number of benzene rings is 3. The molecule has 0 aliphatic carbocycles. The molecule has 1 atom stereocenters. The van der Waals surface area contributed by atoms with Crippen molar-refractivity contribution >= 4 is 29.3 Å². The summed E-state index contributed by atoms with van der Waals surface area (Å²) in [6.07, 6.45) is 0.337. The van der Waals surface area contributed by atoms with Crippen molar-refractivity contribution in [2.24, 2.45) is 0 Å². The fourth-order valence-electron chi connectivity index (χ4n) is 3.41. The highest BCUT2D eigenvalue weighted by atomic mass is 16.6. The van der Waals surface area contributed by atoms with Gasteiger partial charge in [-0.1, -0.05) is 54.6 Å². The Bertz CT molecular complexity index is 1250. The zero-order chi connectivity index (χ0) is 23.4. The van der Waals surface area contributed by atoms with Crippen LogP contribution in [0.4, 0.5) is 11.4 Å². The van der Waals surface area contributed by atoms with E-state index in [0.29, 0.717) is 16.9 Å². The van der Waals surface area contributed by atoms with Gasteiger partial charge in [0.05, 0.1) is 10.5 Å². The molecule has 8 heteroatoms. The normalized spacial score (nSPS) is 13.1. The van der Waals surface area contributed by atoms with Gasteiger partial charge in [-0.3, -0.25) is 14.9 Å². The van der Waals surface area contributed by atoms with Crippen molar-refractivity contribution in [1.82, 2.24) is 0 Å². The molecule has 1 aliphatic heterocycles. The Morgan fingerprint density at radius 2 is 1.79 bits per heavy atom. The summed E-state index contributed by atoms with van der Waals surface area (Å²) >= 11 is 0. The maximum Gasteiger partial charge on any atom is 0.338 e. The molecule has 0 saturated carbocycles. The molecule has 1 aliphatic rings. The summed E-state index contributed by atoms with van der Waals surface area (Å²) in [6.45, 7) is 1.72. The lowest BCUT2D eigenvalue weighted by molar-refractivity contribution is -0.384. The number of esters is 1. The van der Waals surface area contributed by atoms with Crippen LogP contribution >= 0.6 is 0 Å². The van der Waals surface area contributed by atoms with Gasteiger partial charge in [-0.25, -0.2) is 4.79 Å². The zero-order valence-corrected chi connectivity index (χ0v) is 17.7. The predicted molar refractivity (Wildman–Crippen MR) is 122 cm³/mol. The van der Waals surface area contributed by atoms with Gasteiger partial charge in [-0.05, 0) is 30.7 Å². The van der Waals surface area contributed by atoms with Crippen molar-refractivity contribution in [3.8, 4) is 5.75 Å². The fourth-order valence-corrected chi connectivity index (χ4v) is 3.41. The maximum atomic E-state index is 13.1. The number of nitro benzene ring substituents is 1. The highest BCUT2D eigenvalue weighted by molar-refractivity contribution is 6.01. The van der Waals surface area contributed by atoms with E-state index in [-0.39, 0.29) is 23.6 Å². The van der Waals surface area contributed by atoms with Crippen molar-refractivity contribution in [3.63, 3.8) is 0 Å². The number of carbonyl (C=O) groups excluding carboxylic acids is 2. The minimum Gasteiger partial charge on any atom is -0.488 e. The highest BCUT2D eigenvalue weighted by Crippen LogP contribution is 2.30. The minimum absolute atomic E-state index is 0.00239. The van der Waals surface area contributed by atoms with E-state index in [0.717, 1.165) is 5.56 Å². The van der Waals surface area contributed by atoms with Crippen molar-refractivity contribution in [1.29, 1.82) is 0 Å². The second-order valence-electron chi connectivity index (χ2n) is 7.46. The average Bonchev–Trinajstić information content (AvgIpc) is 2.83. The van der Waals surface area contributed by atoms with Crippen molar-refractivity contribution in [2.45, 2.75) is 13.0 Å². The predicted octanol–water partition coefficient (Wildman–Crippen LogP) is 4.60. The number of nitrogens with zero attached hydrogens (tertiary/aromatic N) is 1. The van der Waals surface area contributed by atoms with Crippen molar-refractivity contribution < 1.29 is 24.0 Å². The van der Waals surface area contributed by atoms with Gasteiger partial charge in [-0.2, -0.15) is 0 Å². The first-order valence-corrected chi connectivity index (χ1v) is 10.2. The number of ether oxygens (including phenoxy) is 2. The molecule has 33 heavy (non-hydrogen) atoms. The summed E-state index contributed by atoms with van der Waals surface area (Å²) < 4.78 is 11.2. The number of nitro groups is 1. The molecule has 4 rings (SSSR count). The second kappa shape index (κ2) is 9.35. The number of aryl methyl sites for hydroxylation is 1. The van der Waals surface area contributed by atoms with Crippen LogP contribution in [-0.2, 0) is 14.3 Å². The van der Waals surface area contributed by atoms with Crippen LogP contribution in [0.15, 0.2) is 78.4 Å². The van der Waals surface area contributed by atoms with E-state index in [4.69, 9.17) is 9.47 Å². The van der Waals surface area contributed by atoms with E-state index in [1.165, 1.54) is 12.1 Å². The number of rotatable bonds is 6. The summed E-state index contributed by atoms with van der Waals surface area (Å²) in [4.78, 5) is 36.9. The number of amides is 1. The van der Waals surface area contributed by atoms with Gasteiger partial charge < -0.3 is 14.8 Å². The molecule has 166 valence electrons. The Hall–Kier alpha value is -4.46. The smallest absolute Gasteiger partial charge is 0.338 e. The van der Waals surface area contributed by atoms with Crippen LogP contribution < -0.4 is 10.1 Å². The van der Waals surface area contributed by atoms with Crippen molar-refractivity contribution in [2.75, 3.05) is 11.9 Å². The SMILES string of the molecule is Cc1ccc(NC(=O)C(OC(=O)C2=Cc3ccccc3OC2)c2ccccc2)c([N+](=O)[O-])c1. The first-order valence-electron chi connectivity index (χ1n) is 10.2. The van der Waals surface area contributed by atoms with Gasteiger partial charge in [0.2, 0.25) is 6.10 Å². The lowest BCUT2D eigenvalue weighted by Crippen LogP contribution is -2.28. The third-order valence-corrected chi connectivity index (χ3v) is 5.07. The van der Waals surface area contributed by atoms with Gasteiger partial charge in [0.15, 0.2) is 0 Å². The Balaban J connectivity index is 1.61. The lowest BCUT2D eigenvalue weighted by Gasteiger charge is -2.21. The number of carbonyl (C=O) groups is 2. The maximum absolute atomic E-state index is 13.1. The standard InChI is InChI=1S/C25H20N2O6/c1-16-11-12-20(21(13-16)27(30)31)26-24(28)23(17-7-3-2-4-8-17)33-25(29)19-14-18-9-5-6-10-22(18)32-15-19/h2-14,23H,15H2,1H3,(H,26,28). The number of nitrogens with one attached hydrogen (secondary N) is 1. The molecule has 0 saturated heterocycles. The summed E-state index contributed by atoms with van der Waals surface area (Å²) in [7, 11) is 0. The van der Waals surface area contributed by atoms with E-state index < -0.39 is 22.9 Å². The molecule has 0 fully saturated rings. The Morgan fingerprint density at radius 3 is 2.55 bits per heavy atom. The van der Waals surface area contributed by atoms with E-state index in [1.54, 1.807) is 61.5 Å². The lowest BCUT2D eigenvalue weighted by atomic mass is 10.1. The van der Waals surface area contributed by atoms with Crippen LogP contribution in [0.3, 0.4) is 0 Å². The van der Waals surface area contributed by atoms with Crippen LogP contribution in [0.5, 0.6) is 5.75 Å². The third-order valence-electron chi connectivity index (χ3n) is 5.07. The van der Waals surface area contributed by atoms with Gasteiger partial charge in [0.1, 0.15) is 18.0 Å². The minimum atomic E-state index is -1.32. The first-order chi connectivity index (χ1) is 15.9. The molecule has 0 radical (unpaired) electrons. The van der Waals surface area contributed by atoms with Crippen LogP contribution in [-0.4, -0.2) is 23.4 Å². The monoisotopic (exact) mass is 444 g/mol. The summed E-state index contributed by atoms with van der Waals surface area (Å²) in [6, 6.07) is 20.2. The van der Waals surface area contributed by atoms with Gasteiger partial charge >= 0.3 is 5.97 Å². The fraction of sp³-hybridized carbons (Fsp3) is 0.120. The van der Waals surface area contributed by atoms with E-state index >= 15 is 0 Å². The molecular weight excluding hydrogens is 424 g/mol. The zero-order valence-electron chi connectivity index (χ0n) is 17.7. The number of anilines is 1. The number of para-hydroxylation sites is 1. The number of hydrogen-bond acceptors (Lipinski definition) is 6. The average molecular weight is 444 g/mol. The molecule has 8 nitrogen and oxygen atoms in total. The van der Waals surface area contributed by atoms with E-state index in [2.05, 4.69) is 5.32 Å². The third kappa shape index (κ3) is 4.90. The number of hydrogen-bond donors (Lipinski definition) is 1. The number of fused-ring (bicyclic) bond motifs is 1. The molecular formula is C25H20N2O6. The summed E-state index contributed by atoms with van der Waals surface area (Å²) in [5, 5.41) is 14.0. The molecule has 0 bridgehead atoms. The Labute approximate surface area is 189 Å². The quantitative estimate of drug-likeness (QED) is 0.338. The van der Waals surface area contributed by atoms with Gasteiger partial charge in [-0.15, -0.1) is 0 Å².